The molecule has 2 aromatic rings. The summed E-state index contributed by atoms with van der Waals surface area (Å²) in [6.45, 7) is 3.39. The summed E-state index contributed by atoms with van der Waals surface area (Å²) in [6, 6.07) is 1.63. The van der Waals surface area contributed by atoms with Crippen molar-refractivity contribution in [3.05, 3.63) is 40.9 Å². The summed E-state index contributed by atoms with van der Waals surface area (Å²) in [6.07, 6.45) is -2.16. The van der Waals surface area contributed by atoms with Gasteiger partial charge in [0.2, 0.25) is 17.6 Å². The number of carbonyl (C=O) groups is 2. The van der Waals surface area contributed by atoms with Gasteiger partial charge in [-0.15, -0.1) is 0 Å². The molecule has 0 unspecified atom stereocenters. The molecule has 42 heavy (non-hydrogen) atoms. The fraction of sp³-hybridized carbons (Fsp3) is 0.556. The van der Waals surface area contributed by atoms with Gasteiger partial charge in [0, 0.05) is 56.5 Å². The molecule has 1 aromatic heterocycles. The molecule has 228 valence electrons. The smallest absolute Gasteiger partial charge is 0.381 e. The van der Waals surface area contributed by atoms with Crippen LogP contribution in [0.25, 0.3) is 0 Å². The number of anilines is 3. The first-order valence-corrected chi connectivity index (χ1v) is 14.2. The summed E-state index contributed by atoms with van der Waals surface area (Å²) in [5, 5.41) is 2.83. The van der Waals surface area contributed by atoms with E-state index in [0.29, 0.717) is 45.4 Å². The maximum absolute atomic E-state index is 14.9. The van der Waals surface area contributed by atoms with E-state index in [1.807, 2.05) is 11.9 Å². The molecule has 0 bridgehead atoms. The fourth-order valence-electron chi connectivity index (χ4n) is 5.98. The van der Waals surface area contributed by atoms with Crippen molar-refractivity contribution in [1.82, 2.24) is 24.7 Å². The minimum absolute atomic E-state index is 0.00395. The van der Waals surface area contributed by atoms with Crippen molar-refractivity contribution in [1.29, 1.82) is 0 Å². The standard InChI is InChI=1S/C27H33ClF4N8O2/c1-37-7-9-38(10-8-37)25(41)19-4-6-39(24-22(29)23(33)34-15-35-24)14-21(19)40-5-2-3-20(26(40)42)36-18-12-16(27(30,31)32)11-17(28)13-18/h11-13,15,19-21,36H,2-10,14H2,1H3,(H2,33,34,35)/t19-,20-,21-/m0/s1. The molecule has 0 radical (unpaired) electrons. The highest BCUT2D eigenvalue weighted by atomic mass is 35.5. The third kappa shape index (κ3) is 6.33. The normalized spacial score (nSPS) is 24.2. The topological polar surface area (TPSA) is 111 Å². The van der Waals surface area contributed by atoms with Crippen LogP contribution in [-0.2, 0) is 15.8 Å². The summed E-state index contributed by atoms with van der Waals surface area (Å²) in [5.41, 5.74) is 4.83. The van der Waals surface area contributed by atoms with Crippen LogP contribution in [0.2, 0.25) is 5.02 Å². The second-order valence-electron chi connectivity index (χ2n) is 11.0. The van der Waals surface area contributed by atoms with Gasteiger partial charge in [-0.05, 0) is 44.5 Å². The molecule has 0 spiro atoms. The van der Waals surface area contributed by atoms with E-state index in [1.54, 1.807) is 9.80 Å². The SMILES string of the molecule is CN1CCN(C(=O)[C@H]2CCN(c3ncnc(N)c3F)C[C@@H]2N2CCC[C@H](Nc3cc(Cl)cc(C(F)(F)F)c3)C2=O)CC1. The lowest BCUT2D eigenvalue weighted by atomic mass is 9.86. The molecule has 3 fully saturated rings. The number of likely N-dealkylation sites (tertiary alicyclic amines) is 1. The zero-order valence-electron chi connectivity index (χ0n) is 23.1. The monoisotopic (exact) mass is 612 g/mol. The number of likely N-dealkylation sites (N-methyl/N-ethyl adjacent to an activating group) is 1. The zero-order valence-corrected chi connectivity index (χ0v) is 23.8. The number of piperazine rings is 1. The fourth-order valence-corrected chi connectivity index (χ4v) is 6.22. The molecule has 3 aliphatic heterocycles. The van der Waals surface area contributed by atoms with Gasteiger partial charge in [0.15, 0.2) is 11.6 Å². The molecule has 5 rings (SSSR count). The predicted octanol–water partition coefficient (Wildman–Crippen LogP) is 2.94. The Labute approximate surface area is 245 Å². The van der Waals surface area contributed by atoms with Gasteiger partial charge >= 0.3 is 6.18 Å². The van der Waals surface area contributed by atoms with E-state index in [0.717, 1.165) is 31.5 Å². The number of benzene rings is 1. The Bertz CT molecular complexity index is 1320. The minimum atomic E-state index is -4.61. The van der Waals surface area contributed by atoms with Crippen LogP contribution in [0.4, 0.5) is 34.9 Å². The van der Waals surface area contributed by atoms with Crippen molar-refractivity contribution in [2.45, 2.75) is 37.5 Å². The molecule has 15 heteroatoms. The highest BCUT2D eigenvalue weighted by molar-refractivity contribution is 6.31. The highest BCUT2D eigenvalue weighted by Gasteiger charge is 2.45. The van der Waals surface area contributed by atoms with E-state index < -0.39 is 35.6 Å². The van der Waals surface area contributed by atoms with Crippen LogP contribution in [0.3, 0.4) is 0 Å². The van der Waals surface area contributed by atoms with Gasteiger partial charge in [0.25, 0.3) is 0 Å². The molecule has 3 N–H and O–H groups in total. The number of nitrogens with one attached hydrogen (secondary N) is 1. The lowest BCUT2D eigenvalue weighted by molar-refractivity contribution is -0.145. The Balaban J connectivity index is 1.41. The molecule has 3 aliphatic rings. The number of nitrogen functional groups attached to an aromatic ring is 1. The Kier molecular flexibility index (Phi) is 8.65. The number of nitrogens with two attached hydrogens (primary N) is 1. The summed E-state index contributed by atoms with van der Waals surface area (Å²) in [5.74, 6) is -2.03. The van der Waals surface area contributed by atoms with Crippen molar-refractivity contribution in [2.75, 3.05) is 68.8 Å². The van der Waals surface area contributed by atoms with Gasteiger partial charge in [-0.1, -0.05) is 11.6 Å². The van der Waals surface area contributed by atoms with Gasteiger partial charge in [0.05, 0.1) is 17.5 Å². The zero-order chi connectivity index (χ0) is 30.2. The molecule has 2 amide bonds. The van der Waals surface area contributed by atoms with E-state index in [-0.39, 0.29) is 40.7 Å². The van der Waals surface area contributed by atoms with Gasteiger partial charge in [0.1, 0.15) is 12.4 Å². The molecule has 4 heterocycles. The second kappa shape index (κ2) is 12.1. The predicted molar refractivity (Wildman–Crippen MR) is 149 cm³/mol. The van der Waals surface area contributed by atoms with Crippen LogP contribution in [-0.4, -0.2) is 101 Å². The number of nitrogens with zero attached hydrogens (tertiary/aromatic N) is 6. The van der Waals surface area contributed by atoms with E-state index in [1.165, 1.54) is 6.07 Å². The van der Waals surface area contributed by atoms with Crippen LogP contribution in [0, 0.1) is 11.7 Å². The number of piperidine rings is 2. The number of aromatic nitrogens is 2. The average Bonchev–Trinajstić information content (AvgIpc) is 2.95. The number of carbonyl (C=O) groups excluding carboxylic acids is 2. The third-order valence-electron chi connectivity index (χ3n) is 8.25. The third-order valence-corrected chi connectivity index (χ3v) is 8.47. The average molecular weight is 613 g/mol. The van der Waals surface area contributed by atoms with Crippen LogP contribution in [0.15, 0.2) is 24.5 Å². The quantitative estimate of drug-likeness (QED) is 0.496. The van der Waals surface area contributed by atoms with E-state index >= 15 is 0 Å². The Hall–Kier alpha value is -3.39. The first kappa shape index (κ1) is 30.1. The number of amides is 2. The molecule has 0 saturated carbocycles. The van der Waals surface area contributed by atoms with Crippen molar-refractivity contribution in [3.63, 3.8) is 0 Å². The lowest BCUT2D eigenvalue weighted by Gasteiger charge is -2.47. The summed E-state index contributed by atoms with van der Waals surface area (Å²) in [7, 11) is 1.99. The number of halogens is 5. The number of rotatable bonds is 5. The summed E-state index contributed by atoms with van der Waals surface area (Å²) < 4.78 is 55.1. The van der Waals surface area contributed by atoms with Crippen LogP contribution in [0.5, 0.6) is 0 Å². The second-order valence-corrected chi connectivity index (χ2v) is 11.5. The van der Waals surface area contributed by atoms with Crippen LogP contribution >= 0.6 is 11.6 Å². The van der Waals surface area contributed by atoms with E-state index in [9.17, 15) is 27.2 Å². The highest BCUT2D eigenvalue weighted by Crippen LogP contribution is 2.35. The van der Waals surface area contributed by atoms with E-state index in [4.69, 9.17) is 17.3 Å². The first-order valence-electron chi connectivity index (χ1n) is 13.9. The lowest BCUT2D eigenvalue weighted by Crippen LogP contribution is -2.63. The minimum Gasteiger partial charge on any atom is -0.381 e. The Morgan fingerprint density at radius 2 is 1.81 bits per heavy atom. The molecule has 0 aliphatic carbocycles. The number of hydrogen-bond acceptors (Lipinski definition) is 8. The molecule has 1 aromatic carbocycles. The molecular weight excluding hydrogens is 580 g/mol. The summed E-state index contributed by atoms with van der Waals surface area (Å²) >= 11 is 5.96. The Morgan fingerprint density at radius 1 is 1.07 bits per heavy atom. The van der Waals surface area contributed by atoms with Crippen molar-refractivity contribution >= 4 is 40.7 Å². The largest absolute Gasteiger partial charge is 0.416 e. The van der Waals surface area contributed by atoms with Crippen molar-refractivity contribution < 1.29 is 27.2 Å². The van der Waals surface area contributed by atoms with Gasteiger partial charge in [-0.25, -0.2) is 9.97 Å². The maximum Gasteiger partial charge on any atom is 0.416 e. The Morgan fingerprint density at radius 3 is 2.52 bits per heavy atom. The first-order chi connectivity index (χ1) is 19.9. The van der Waals surface area contributed by atoms with Crippen LogP contribution < -0.4 is 16.0 Å². The van der Waals surface area contributed by atoms with Gasteiger partial charge < -0.3 is 30.7 Å². The van der Waals surface area contributed by atoms with E-state index in [2.05, 4.69) is 20.2 Å². The molecule has 3 atom stereocenters. The maximum atomic E-state index is 14.9. The van der Waals surface area contributed by atoms with Crippen molar-refractivity contribution in [3.8, 4) is 0 Å². The number of hydrogen-bond donors (Lipinski definition) is 2. The van der Waals surface area contributed by atoms with Crippen molar-refractivity contribution in [2.24, 2.45) is 5.92 Å². The van der Waals surface area contributed by atoms with Crippen LogP contribution in [0.1, 0.15) is 24.8 Å². The summed E-state index contributed by atoms with van der Waals surface area (Å²) in [4.78, 5) is 42.7. The number of alkyl halides is 3. The van der Waals surface area contributed by atoms with Gasteiger partial charge in [-0.2, -0.15) is 17.6 Å². The molecular formula is C27H33ClF4N8O2. The molecule has 10 nitrogen and oxygen atoms in total. The molecule has 3 saturated heterocycles. The van der Waals surface area contributed by atoms with Gasteiger partial charge in [-0.3, -0.25) is 9.59 Å².